The molecule has 0 saturated heterocycles. The zero-order valence-electron chi connectivity index (χ0n) is 10.7. The molecule has 1 aliphatic rings. The molecule has 0 heterocycles. The van der Waals surface area contributed by atoms with Gasteiger partial charge in [0.25, 0.3) is 0 Å². The molecule has 0 amide bonds. The van der Waals surface area contributed by atoms with E-state index in [9.17, 15) is 9.90 Å². The number of carboxylic acids is 1. The highest BCUT2D eigenvalue weighted by atomic mass is 16.4. The highest BCUT2D eigenvalue weighted by Crippen LogP contribution is 2.35. The molecule has 0 radical (unpaired) electrons. The number of hydrogen-bond donors (Lipinski definition) is 2. The van der Waals surface area contributed by atoms with Crippen LogP contribution >= 0.6 is 0 Å². The predicted octanol–water partition coefficient (Wildman–Crippen LogP) is 3.16. The van der Waals surface area contributed by atoms with E-state index in [0.29, 0.717) is 11.5 Å². The monoisotopic (exact) mass is 248 g/mol. The molecule has 1 atom stereocenters. The summed E-state index contributed by atoms with van der Waals surface area (Å²) in [6.07, 6.45) is 4.92. The molecule has 98 valence electrons. The number of hydrogen-bond acceptors (Lipinski definition) is 2. The molecule has 0 aromatic heterocycles. The molecule has 1 saturated carbocycles. The SMILES string of the molecule is Cc1cc(C(O)C(=O)O)ccc1C1CCCCC1. The van der Waals surface area contributed by atoms with Crippen LogP contribution in [0.4, 0.5) is 0 Å². The zero-order valence-corrected chi connectivity index (χ0v) is 10.7. The van der Waals surface area contributed by atoms with Crippen molar-refractivity contribution in [2.24, 2.45) is 0 Å². The minimum atomic E-state index is -1.41. The molecule has 1 aromatic rings. The van der Waals surface area contributed by atoms with Crippen LogP contribution in [0.15, 0.2) is 18.2 Å². The van der Waals surface area contributed by atoms with Crippen molar-refractivity contribution in [3.63, 3.8) is 0 Å². The van der Waals surface area contributed by atoms with Gasteiger partial charge >= 0.3 is 5.97 Å². The topological polar surface area (TPSA) is 57.5 Å². The summed E-state index contributed by atoms with van der Waals surface area (Å²) in [7, 11) is 0. The largest absolute Gasteiger partial charge is 0.479 e. The number of aliphatic hydroxyl groups excluding tert-OH is 1. The van der Waals surface area contributed by atoms with Gasteiger partial charge in [0.05, 0.1) is 0 Å². The lowest BCUT2D eigenvalue weighted by molar-refractivity contribution is -0.146. The Kier molecular flexibility index (Phi) is 4.02. The summed E-state index contributed by atoms with van der Waals surface area (Å²) in [5, 5.41) is 18.3. The first-order valence-electron chi connectivity index (χ1n) is 6.61. The van der Waals surface area contributed by atoms with E-state index < -0.39 is 12.1 Å². The molecule has 0 bridgehead atoms. The molecular weight excluding hydrogens is 228 g/mol. The summed E-state index contributed by atoms with van der Waals surface area (Å²) in [6.45, 7) is 2.00. The maximum absolute atomic E-state index is 10.7. The average molecular weight is 248 g/mol. The van der Waals surface area contributed by atoms with E-state index in [1.54, 1.807) is 6.07 Å². The zero-order chi connectivity index (χ0) is 13.1. The Morgan fingerprint density at radius 2 is 1.94 bits per heavy atom. The number of aliphatic hydroxyl groups is 1. The van der Waals surface area contributed by atoms with Crippen molar-refractivity contribution in [1.82, 2.24) is 0 Å². The van der Waals surface area contributed by atoms with Crippen molar-refractivity contribution in [3.05, 3.63) is 34.9 Å². The Hall–Kier alpha value is -1.35. The Bertz CT molecular complexity index is 433. The number of rotatable bonds is 3. The first kappa shape index (κ1) is 13.1. The van der Waals surface area contributed by atoms with Crippen LogP contribution in [0.1, 0.15) is 60.8 Å². The van der Waals surface area contributed by atoms with E-state index in [0.717, 1.165) is 5.56 Å². The lowest BCUT2D eigenvalue weighted by Gasteiger charge is -2.24. The third kappa shape index (κ3) is 2.72. The highest BCUT2D eigenvalue weighted by molar-refractivity contribution is 5.74. The first-order valence-corrected chi connectivity index (χ1v) is 6.61. The van der Waals surface area contributed by atoms with Crippen molar-refractivity contribution >= 4 is 5.97 Å². The van der Waals surface area contributed by atoms with Gasteiger partial charge in [-0.1, -0.05) is 37.5 Å². The fourth-order valence-electron chi connectivity index (χ4n) is 2.88. The van der Waals surface area contributed by atoms with Crippen molar-refractivity contribution in [3.8, 4) is 0 Å². The number of benzene rings is 1. The molecule has 3 heteroatoms. The van der Waals surface area contributed by atoms with Crippen LogP contribution in [0.3, 0.4) is 0 Å². The van der Waals surface area contributed by atoms with Gasteiger partial charge in [0, 0.05) is 0 Å². The number of aryl methyl sites for hydroxylation is 1. The Morgan fingerprint density at radius 1 is 1.28 bits per heavy atom. The molecule has 3 nitrogen and oxygen atoms in total. The summed E-state index contributed by atoms with van der Waals surface area (Å²) in [5.41, 5.74) is 2.88. The Morgan fingerprint density at radius 3 is 2.50 bits per heavy atom. The van der Waals surface area contributed by atoms with Gasteiger partial charge in [0.1, 0.15) is 0 Å². The lowest BCUT2D eigenvalue weighted by Crippen LogP contribution is -2.12. The molecule has 0 spiro atoms. The fourth-order valence-corrected chi connectivity index (χ4v) is 2.88. The van der Waals surface area contributed by atoms with Crippen LogP contribution in [0.25, 0.3) is 0 Å². The maximum atomic E-state index is 10.7. The molecule has 1 aromatic carbocycles. The molecule has 0 aliphatic heterocycles. The normalized spacial score (nSPS) is 18.6. The lowest BCUT2D eigenvalue weighted by atomic mass is 9.82. The molecule has 1 fully saturated rings. The van der Waals surface area contributed by atoms with E-state index in [1.165, 1.54) is 37.7 Å². The molecule has 2 rings (SSSR count). The van der Waals surface area contributed by atoms with Crippen LogP contribution in [0.5, 0.6) is 0 Å². The van der Waals surface area contributed by atoms with Crippen molar-refractivity contribution in [2.45, 2.75) is 51.0 Å². The molecule has 18 heavy (non-hydrogen) atoms. The Balaban J connectivity index is 2.21. The summed E-state index contributed by atoms with van der Waals surface area (Å²) >= 11 is 0. The van der Waals surface area contributed by atoms with E-state index in [2.05, 4.69) is 0 Å². The number of aliphatic carboxylic acids is 1. The summed E-state index contributed by atoms with van der Waals surface area (Å²) in [6, 6.07) is 5.55. The van der Waals surface area contributed by atoms with Gasteiger partial charge in [0.2, 0.25) is 0 Å². The standard InChI is InChI=1S/C15H20O3/c1-10-9-12(14(16)15(17)18)7-8-13(10)11-5-3-2-4-6-11/h7-9,11,14,16H,2-6H2,1H3,(H,17,18). The van der Waals surface area contributed by atoms with E-state index in [-0.39, 0.29) is 0 Å². The summed E-state index contributed by atoms with van der Waals surface area (Å²) in [5.74, 6) is -0.588. The van der Waals surface area contributed by atoms with Gasteiger partial charge in [-0.25, -0.2) is 4.79 Å². The molecular formula is C15H20O3. The summed E-state index contributed by atoms with van der Waals surface area (Å²) < 4.78 is 0. The highest BCUT2D eigenvalue weighted by Gasteiger charge is 2.20. The van der Waals surface area contributed by atoms with Gasteiger partial charge in [-0.15, -0.1) is 0 Å². The third-order valence-electron chi connectivity index (χ3n) is 3.89. The van der Waals surface area contributed by atoms with Crippen LogP contribution in [-0.2, 0) is 4.79 Å². The first-order chi connectivity index (χ1) is 8.59. The predicted molar refractivity (Wildman–Crippen MR) is 69.6 cm³/mol. The van der Waals surface area contributed by atoms with Gasteiger partial charge in [-0.3, -0.25) is 0 Å². The molecule has 1 aliphatic carbocycles. The number of carbonyl (C=O) groups is 1. The van der Waals surface area contributed by atoms with E-state index >= 15 is 0 Å². The minimum Gasteiger partial charge on any atom is -0.479 e. The van der Waals surface area contributed by atoms with Crippen molar-refractivity contribution in [1.29, 1.82) is 0 Å². The second-order valence-corrected chi connectivity index (χ2v) is 5.19. The van der Waals surface area contributed by atoms with Crippen molar-refractivity contribution in [2.75, 3.05) is 0 Å². The second kappa shape index (κ2) is 5.53. The van der Waals surface area contributed by atoms with E-state index in [4.69, 9.17) is 5.11 Å². The maximum Gasteiger partial charge on any atom is 0.337 e. The average Bonchev–Trinajstić information content (AvgIpc) is 2.38. The van der Waals surface area contributed by atoms with Crippen LogP contribution in [0, 0.1) is 6.92 Å². The van der Waals surface area contributed by atoms with Gasteiger partial charge in [-0.2, -0.15) is 0 Å². The third-order valence-corrected chi connectivity index (χ3v) is 3.89. The van der Waals surface area contributed by atoms with Crippen LogP contribution in [0.2, 0.25) is 0 Å². The minimum absolute atomic E-state index is 0.472. The van der Waals surface area contributed by atoms with Crippen LogP contribution in [-0.4, -0.2) is 16.2 Å². The number of carboxylic acid groups (broad SMARTS) is 1. The van der Waals surface area contributed by atoms with E-state index in [1.807, 2.05) is 19.1 Å². The van der Waals surface area contributed by atoms with Crippen LogP contribution < -0.4 is 0 Å². The van der Waals surface area contributed by atoms with Gasteiger partial charge < -0.3 is 10.2 Å². The van der Waals surface area contributed by atoms with Crippen molar-refractivity contribution < 1.29 is 15.0 Å². The Labute approximate surface area is 107 Å². The molecule has 1 unspecified atom stereocenters. The van der Waals surface area contributed by atoms with Gasteiger partial charge in [0.15, 0.2) is 6.10 Å². The van der Waals surface area contributed by atoms with Gasteiger partial charge in [-0.05, 0) is 42.4 Å². The fraction of sp³-hybridized carbons (Fsp3) is 0.533. The second-order valence-electron chi connectivity index (χ2n) is 5.19. The smallest absolute Gasteiger partial charge is 0.337 e. The quantitative estimate of drug-likeness (QED) is 0.863. The summed E-state index contributed by atoms with van der Waals surface area (Å²) in [4.78, 5) is 10.7. The molecule has 2 N–H and O–H groups in total.